The molecule has 0 amide bonds. The zero-order valence-electron chi connectivity index (χ0n) is 50.3. The van der Waals surface area contributed by atoms with E-state index in [1.165, 1.54) is 180 Å². The molecule has 0 N–H and O–H groups in total. The van der Waals surface area contributed by atoms with Crippen LogP contribution < -0.4 is 0 Å². The van der Waals surface area contributed by atoms with Crippen LogP contribution in [0.4, 0.5) is 0 Å². The second-order valence-corrected chi connectivity index (χ2v) is 21.6. The molecule has 76 heavy (non-hydrogen) atoms. The van der Waals surface area contributed by atoms with E-state index in [1.54, 1.807) is 0 Å². The van der Waals surface area contributed by atoms with Gasteiger partial charge in [0.15, 0.2) is 6.10 Å². The lowest BCUT2D eigenvalue weighted by molar-refractivity contribution is -0.167. The van der Waals surface area contributed by atoms with Crippen LogP contribution >= 0.6 is 0 Å². The molecule has 0 aromatic rings. The van der Waals surface area contributed by atoms with Crippen molar-refractivity contribution in [1.29, 1.82) is 0 Å². The highest BCUT2D eigenvalue weighted by atomic mass is 16.6. The third kappa shape index (κ3) is 61.4. The normalized spacial score (nSPS) is 12.6. The Hall–Kier alpha value is -3.41. The molecule has 6 nitrogen and oxygen atoms in total. The summed E-state index contributed by atoms with van der Waals surface area (Å²) in [6.45, 7) is 6.52. The lowest BCUT2D eigenvalue weighted by Gasteiger charge is -2.18. The molecule has 6 heteroatoms. The SMILES string of the molecule is CC/C=C\C/C=C\C/C=C\C/C=C\C/C=C\C/C=C\CCCCC(=O)OCC(COC(=O)CCCCCCC/C=C\CCCCCCCCC)OC(=O)CCCCCCCCCCCCCCCCCCCCCCC. The van der Waals surface area contributed by atoms with Gasteiger partial charge in [-0.25, -0.2) is 0 Å². The number of allylic oxidation sites excluding steroid dienone is 14. The van der Waals surface area contributed by atoms with Gasteiger partial charge >= 0.3 is 17.9 Å². The quantitative estimate of drug-likeness (QED) is 0.0261. The van der Waals surface area contributed by atoms with Crippen molar-refractivity contribution in [3.63, 3.8) is 0 Å². The second-order valence-electron chi connectivity index (χ2n) is 21.6. The molecule has 1 unspecified atom stereocenters. The van der Waals surface area contributed by atoms with E-state index in [0.717, 1.165) is 103 Å². The molecule has 0 aromatic carbocycles. The molecule has 0 heterocycles. The Morgan fingerprint density at radius 1 is 0.276 bits per heavy atom. The minimum absolute atomic E-state index is 0.0922. The molecule has 0 aliphatic carbocycles. The average Bonchev–Trinajstić information content (AvgIpc) is 3.42. The summed E-state index contributed by atoms with van der Waals surface area (Å²) in [7, 11) is 0. The molecule has 1 atom stereocenters. The first-order valence-electron chi connectivity index (χ1n) is 32.6. The van der Waals surface area contributed by atoms with Crippen LogP contribution in [0.25, 0.3) is 0 Å². The van der Waals surface area contributed by atoms with Crippen LogP contribution in [0.1, 0.15) is 323 Å². The minimum atomic E-state index is -0.798. The van der Waals surface area contributed by atoms with E-state index in [2.05, 4.69) is 106 Å². The number of ether oxygens (including phenoxy) is 3. The first kappa shape index (κ1) is 72.6. The van der Waals surface area contributed by atoms with Crippen LogP contribution in [0, 0.1) is 0 Å². The number of hydrogen-bond donors (Lipinski definition) is 0. The van der Waals surface area contributed by atoms with Gasteiger partial charge in [0.25, 0.3) is 0 Å². The second kappa shape index (κ2) is 64.1. The zero-order chi connectivity index (χ0) is 55.0. The third-order valence-electron chi connectivity index (χ3n) is 14.1. The van der Waals surface area contributed by atoms with Crippen molar-refractivity contribution < 1.29 is 28.6 Å². The van der Waals surface area contributed by atoms with E-state index in [-0.39, 0.29) is 31.1 Å². The molecular weight excluding hydrogens is 937 g/mol. The number of hydrogen-bond acceptors (Lipinski definition) is 6. The Morgan fingerprint density at radius 2 is 0.513 bits per heavy atom. The summed E-state index contributed by atoms with van der Waals surface area (Å²) in [6.07, 6.45) is 84.5. The largest absolute Gasteiger partial charge is 0.462 e. The van der Waals surface area contributed by atoms with Crippen molar-refractivity contribution in [3.05, 3.63) is 85.1 Å². The summed E-state index contributed by atoms with van der Waals surface area (Å²) in [5.74, 6) is -0.929. The van der Waals surface area contributed by atoms with E-state index in [9.17, 15) is 14.4 Å². The smallest absolute Gasteiger partial charge is 0.306 e. The Labute approximate surface area is 471 Å². The lowest BCUT2D eigenvalue weighted by atomic mass is 10.0. The topological polar surface area (TPSA) is 78.9 Å². The van der Waals surface area contributed by atoms with Crippen molar-refractivity contribution in [3.8, 4) is 0 Å². The van der Waals surface area contributed by atoms with E-state index < -0.39 is 6.10 Å². The maximum absolute atomic E-state index is 12.9. The van der Waals surface area contributed by atoms with Crippen molar-refractivity contribution in [2.45, 2.75) is 329 Å². The maximum atomic E-state index is 12.9. The van der Waals surface area contributed by atoms with E-state index in [4.69, 9.17) is 14.2 Å². The van der Waals surface area contributed by atoms with Gasteiger partial charge in [0.2, 0.25) is 0 Å². The Bertz CT molecular complexity index is 1450. The van der Waals surface area contributed by atoms with E-state index in [0.29, 0.717) is 19.3 Å². The van der Waals surface area contributed by atoms with Crippen LogP contribution in [-0.4, -0.2) is 37.2 Å². The molecule has 0 rings (SSSR count). The van der Waals surface area contributed by atoms with Crippen LogP contribution in [0.5, 0.6) is 0 Å². The summed E-state index contributed by atoms with van der Waals surface area (Å²) >= 11 is 0. The summed E-state index contributed by atoms with van der Waals surface area (Å²) in [4.78, 5) is 38.3. The standard InChI is InChI=1S/C70H122O6/c1-4-7-10-13-16-19-22-25-28-31-33-35-37-39-42-45-48-51-54-57-60-63-69(72)75-66-67(65-74-68(71)62-59-56-53-50-47-44-41-30-27-24-21-18-15-12-9-6-3)76-70(73)64-61-58-55-52-49-46-43-40-38-36-34-32-29-26-23-20-17-14-11-8-5-2/h7,10,16,19,25,28,30,33,35,39,41-42,48,51,67H,4-6,8-9,11-15,17-18,20-24,26-27,29,31-32,34,36-38,40,43-47,49-50,52-66H2,1-3H3/b10-7-,19-16-,28-25-,35-33-,41-30-,42-39-,51-48-. The molecule has 0 aromatic heterocycles. The predicted molar refractivity (Wildman–Crippen MR) is 330 cm³/mol. The van der Waals surface area contributed by atoms with Gasteiger partial charge in [-0.05, 0) is 96.3 Å². The number of esters is 3. The number of rotatable bonds is 59. The fourth-order valence-electron chi connectivity index (χ4n) is 9.27. The maximum Gasteiger partial charge on any atom is 0.306 e. The average molecular weight is 1060 g/mol. The van der Waals surface area contributed by atoms with Crippen LogP contribution in [0.15, 0.2) is 85.1 Å². The van der Waals surface area contributed by atoms with Gasteiger partial charge in [-0.15, -0.1) is 0 Å². The van der Waals surface area contributed by atoms with Crippen molar-refractivity contribution in [1.82, 2.24) is 0 Å². The van der Waals surface area contributed by atoms with Gasteiger partial charge < -0.3 is 14.2 Å². The van der Waals surface area contributed by atoms with Crippen molar-refractivity contribution in [2.75, 3.05) is 13.2 Å². The fraction of sp³-hybridized carbons (Fsp3) is 0.757. The van der Waals surface area contributed by atoms with Gasteiger partial charge in [0.1, 0.15) is 13.2 Å². The molecule has 0 radical (unpaired) electrons. The Morgan fingerprint density at radius 3 is 0.842 bits per heavy atom. The highest BCUT2D eigenvalue weighted by Gasteiger charge is 2.19. The van der Waals surface area contributed by atoms with Gasteiger partial charge in [-0.1, -0.05) is 292 Å². The number of unbranched alkanes of at least 4 members (excludes halogenated alkanes) is 34. The number of carbonyl (C=O) groups excluding carboxylic acids is 3. The third-order valence-corrected chi connectivity index (χ3v) is 14.1. The molecule has 438 valence electrons. The summed E-state index contributed by atoms with van der Waals surface area (Å²) in [5.41, 5.74) is 0. The first-order valence-corrected chi connectivity index (χ1v) is 32.6. The molecule has 0 saturated heterocycles. The molecule has 0 fully saturated rings. The summed E-state index contributed by atoms with van der Waals surface area (Å²) in [6, 6.07) is 0. The molecule has 0 spiro atoms. The van der Waals surface area contributed by atoms with Gasteiger partial charge in [0, 0.05) is 19.3 Å². The van der Waals surface area contributed by atoms with Gasteiger partial charge in [-0.3, -0.25) is 14.4 Å². The Balaban J connectivity index is 4.43. The highest BCUT2D eigenvalue weighted by molar-refractivity contribution is 5.71. The summed E-state index contributed by atoms with van der Waals surface area (Å²) < 4.78 is 16.9. The molecular formula is C70H122O6. The van der Waals surface area contributed by atoms with Gasteiger partial charge in [-0.2, -0.15) is 0 Å². The predicted octanol–water partition coefficient (Wildman–Crippen LogP) is 22.3. The van der Waals surface area contributed by atoms with Crippen molar-refractivity contribution in [2.24, 2.45) is 0 Å². The van der Waals surface area contributed by atoms with Gasteiger partial charge in [0.05, 0.1) is 0 Å². The molecule has 0 aliphatic rings. The lowest BCUT2D eigenvalue weighted by Crippen LogP contribution is -2.30. The molecule has 0 bridgehead atoms. The minimum Gasteiger partial charge on any atom is -0.462 e. The first-order chi connectivity index (χ1) is 37.5. The number of carbonyl (C=O) groups is 3. The van der Waals surface area contributed by atoms with Crippen molar-refractivity contribution >= 4 is 17.9 Å². The zero-order valence-corrected chi connectivity index (χ0v) is 50.3. The van der Waals surface area contributed by atoms with Crippen LogP contribution in [0.3, 0.4) is 0 Å². The van der Waals surface area contributed by atoms with Crippen LogP contribution in [-0.2, 0) is 28.6 Å². The Kier molecular flexibility index (Phi) is 61.2. The van der Waals surface area contributed by atoms with E-state index >= 15 is 0 Å². The molecule has 0 aliphatic heterocycles. The monoisotopic (exact) mass is 1060 g/mol. The highest BCUT2D eigenvalue weighted by Crippen LogP contribution is 2.17. The summed E-state index contributed by atoms with van der Waals surface area (Å²) in [5, 5.41) is 0. The van der Waals surface area contributed by atoms with E-state index in [1.807, 2.05) is 0 Å². The fourth-order valence-corrected chi connectivity index (χ4v) is 9.27. The van der Waals surface area contributed by atoms with Crippen LogP contribution in [0.2, 0.25) is 0 Å². The molecule has 0 saturated carbocycles.